The van der Waals surface area contributed by atoms with Gasteiger partial charge in [0.2, 0.25) is 0 Å². The molecule has 1 unspecified atom stereocenters. The van der Waals surface area contributed by atoms with Crippen LogP contribution in [0.15, 0.2) is 42.5 Å². The molecule has 0 fully saturated rings. The normalized spacial score (nSPS) is 14.0. The standard InChI is InChI=1S/C18H14N2O7/c1-27-14-8-3-2-5-10(14)12(18(23)24)9-19-16(21)11-6-4-7-13(20(25)26)15(11)17(19)22/h2-8,12H,9H2,1H3,(H,23,24). The van der Waals surface area contributed by atoms with E-state index in [-0.39, 0.29) is 11.1 Å². The molecule has 2 amide bonds. The summed E-state index contributed by atoms with van der Waals surface area (Å²) in [5, 5.41) is 20.8. The van der Waals surface area contributed by atoms with E-state index in [0.717, 1.165) is 11.0 Å². The van der Waals surface area contributed by atoms with E-state index < -0.39 is 40.9 Å². The zero-order chi connectivity index (χ0) is 19.7. The molecule has 2 aromatic rings. The maximum Gasteiger partial charge on any atom is 0.312 e. The molecule has 0 saturated heterocycles. The molecule has 0 saturated carbocycles. The van der Waals surface area contributed by atoms with Crippen molar-refractivity contribution in [3.63, 3.8) is 0 Å². The second-order valence-electron chi connectivity index (χ2n) is 5.81. The molecule has 1 N–H and O–H groups in total. The van der Waals surface area contributed by atoms with Crippen LogP contribution in [0.2, 0.25) is 0 Å². The number of carbonyl (C=O) groups is 3. The summed E-state index contributed by atoms with van der Waals surface area (Å²) >= 11 is 0. The van der Waals surface area contributed by atoms with Gasteiger partial charge in [-0.3, -0.25) is 29.4 Å². The molecule has 138 valence electrons. The number of methoxy groups -OCH3 is 1. The van der Waals surface area contributed by atoms with Crippen molar-refractivity contribution in [1.82, 2.24) is 4.90 Å². The quantitative estimate of drug-likeness (QED) is 0.468. The number of imide groups is 1. The minimum atomic E-state index is -1.26. The van der Waals surface area contributed by atoms with Crippen molar-refractivity contribution in [3.05, 3.63) is 69.3 Å². The first-order valence-corrected chi connectivity index (χ1v) is 7.86. The average molecular weight is 370 g/mol. The third-order valence-electron chi connectivity index (χ3n) is 4.35. The molecule has 1 aliphatic rings. The number of nitrogens with zero attached hydrogens (tertiary/aromatic N) is 2. The Balaban J connectivity index is 2.01. The third-order valence-corrected chi connectivity index (χ3v) is 4.35. The van der Waals surface area contributed by atoms with Gasteiger partial charge in [0.05, 0.1) is 17.6 Å². The highest BCUT2D eigenvalue weighted by molar-refractivity contribution is 6.23. The van der Waals surface area contributed by atoms with E-state index in [0.29, 0.717) is 11.3 Å². The summed E-state index contributed by atoms with van der Waals surface area (Å²) in [5.41, 5.74) is -0.633. The molecule has 1 heterocycles. The largest absolute Gasteiger partial charge is 0.496 e. The first kappa shape index (κ1) is 18.1. The first-order chi connectivity index (χ1) is 12.9. The van der Waals surface area contributed by atoms with Gasteiger partial charge < -0.3 is 9.84 Å². The van der Waals surface area contributed by atoms with Crippen LogP contribution >= 0.6 is 0 Å². The molecule has 0 spiro atoms. The number of para-hydroxylation sites is 1. The summed E-state index contributed by atoms with van der Waals surface area (Å²) in [7, 11) is 1.38. The number of carboxylic acids is 1. The van der Waals surface area contributed by atoms with Gasteiger partial charge in [-0.2, -0.15) is 0 Å². The van der Waals surface area contributed by atoms with E-state index in [1.807, 2.05) is 0 Å². The molecule has 9 heteroatoms. The lowest BCUT2D eigenvalue weighted by atomic mass is 9.97. The smallest absolute Gasteiger partial charge is 0.312 e. The highest BCUT2D eigenvalue weighted by atomic mass is 16.6. The van der Waals surface area contributed by atoms with Gasteiger partial charge in [0.15, 0.2) is 0 Å². The number of hydrogen-bond acceptors (Lipinski definition) is 6. The van der Waals surface area contributed by atoms with Gasteiger partial charge in [0.1, 0.15) is 17.2 Å². The number of hydrogen-bond donors (Lipinski definition) is 1. The maximum atomic E-state index is 12.7. The van der Waals surface area contributed by atoms with Crippen molar-refractivity contribution in [2.24, 2.45) is 0 Å². The highest BCUT2D eigenvalue weighted by Crippen LogP contribution is 2.34. The first-order valence-electron chi connectivity index (χ1n) is 7.86. The van der Waals surface area contributed by atoms with E-state index in [1.165, 1.54) is 25.3 Å². The van der Waals surface area contributed by atoms with Crippen LogP contribution in [0.25, 0.3) is 0 Å². The number of benzene rings is 2. The molecule has 0 aromatic heterocycles. The lowest BCUT2D eigenvalue weighted by Crippen LogP contribution is -2.36. The van der Waals surface area contributed by atoms with Crippen molar-refractivity contribution in [3.8, 4) is 5.75 Å². The van der Waals surface area contributed by atoms with Crippen LogP contribution in [0.3, 0.4) is 0 Å². The van der Waals surface area contributed by atoms with Gasteiger partial charge >= 0.3 is 5.97 Å². The van der Waals surface area contributed by atoms with Gasteiger partial charge in [-0.25, -0.2) is 0 Å². The molecule has 0 bridgehead atoms. The van der Waals surface area contributed by atoms with E-state index in [4.69, 9.17) is 4.74 Å². The zero-order valence-corrected chi connectivity index (χ0v) is 14.1. The molecule has 9 nitrogen and oxygen atoms in total. The second kappa shape index (κ2) is 6.87. The number of amides is 2. The minimum Gasteiger partial charge on any atom is -0.496 e. The van der Waals surface area contributed by atoms with Gasteiger partial charge in [-0.15, -0.1) is 0 Å². The average Bonchev–Trinajstić information content (AvgIpc) is 2.90. The Morgan fingerprint density at radius 2 is 1.89 bits per heavy atom. The Kier molecular flexibility index (Phi) is 4.59. The number of nitro benzene ring substituents is 1. The summed E-state index contributed by atoms with van der Waals surface area (Å²) in [6.07, 6.45) is 0. The molecule has 0 radical (unpaired) electrons. The number of ether oxygens (including phenoxy) is 1. The molecule has 3 rings (SSSR count). The Labute approximate surface area is 152 Å². The molecule has 1 aliphatic heterocycles. The van der Waals surface area contributed by atoms with E-state index in [1.54, 1.807) is 18.2 Å². The van der Waals surface area contributed by atoms with Gasteiger partial charge in [-0.1, -0.05) is 24.3 Å². The van der Waals surface area contributed by atoms with Crippen molar-refractivity contribution in [1.29, 1.82) is 0 Å². The van der Waals surface area contributed by atoms with E-state index >= 15 is 0 Å². The molecular formula is C18H14N2O7. The van der Waals surface area contributed by atoms with Crippen molar-refractivity contribution in [2.75, 3.05) is 13.7 Å². The van der Waals surface area contributed by atoms with Crippen LogP contribution in [-0.2, 0) is 4.79 Å². The fourth-order valence-corrected chi connectivity index (χ4v) is 3.08. The monoisotopic (exact) mass is 370 g/mol. The van der Waals surface area contributed by atoms with E-state index in [2.05, 4.69) is 0 Å². The fraction of sp³-hybridized carbons (Fsp3) is 0.167. The Morgan fingerprint density at radius 1 is 1.19 bits per heavy atom. The van der Waals surface area contributed by atoms with Crippen molar-refractivity contribution >= 4 is 23.5 Å². The van der Waals surface area contributed by atoms with Crippen LogP contribution in [0, 0.1) is 10.1 Å². The van der Waals surface area contributed by atoms with Gasteiger partial charge in [0, 0.05) is 18.2 Å². The SMILES string of the molecule is COc1ccccc1C(CN1C(=O)c2cccc([N+](=O)[O-])c2C1=O)C(=O)O. The number of carboxylic acid groups (broad SMARTS) is 1. The minimum absolute atomic E-state index is 0.113. The topological polar surface area (TPSA) is 127 Å². The lowest BCUT2D eigenvalue weighted by molar-refractivity contribution is -0.385. The lowest BCUT2D eigenvalue weighted by Gasteiger charge is -2.21. The Bertz CT molecular complexity index is 970. The predicted octanol–water partition coefficient (Wildman–Crippen LogP) is 2.07. The van der Waals surface area contributed by atoms with Crippen LogP contribution in [0.5, 0.6) is 5.75 Å². The summed E-state index contributed by atoms with van der Waals surface area (Å²) in [6, 6.07) is 10.1. The van der Waals surface area contributed by atoms with Crippen LogP contribution in [0.4, 0.5) is 5.69 Å². The second-order valence-corrected chi connectivity index (χ2v) is 5.81. The predicted molar refractivity (Wildman–Crippen MR) is 91.8 cm³/mol. The summed E-state index contributed by atoms with van der Waals surface area (Å²) in [5.74, 6) is -3.86. The van der Waals surface area contributed by atoms with Gasteiger partial charge in [0.25, 0.3) is 17.5 Å². The fourth-order valence-electron chi connectivity index (χ4n) is 3.08. The van der Waals surface area contributed by atoms with Crippen LogP contribution < -0.4 is 4.74 Å². The molecule has 0 aliphatic carbocycles. The number of fused-ring (bicyclic) bond motifs is 1. The number of carbonyl (C=O) groups excluding carboxylic acids is 2. The van der Waals surface area contributed by atoms with Crippen molar-refractivity contribution < 1.29 is 29.2 Å². The van der Waals surface area contributed by atoms with Gasteiger partial charge in [-0.05, 0) is 12.1 Å². The maximum absolute atomic E-state index is 12.7. The number of nitro groups is 1. The molecule has 2 aromatic carbocycles. The Hall–Kier alpha value is -3.75. The number of rotatable bonds is 6. The summed E-state index contributed by atoms with van der Waals surface area (Å²) in [6.45, 7) is -0.473. The number of aliphatic carboxylic acids is 1. The summed E-state index contributed by atoms with van der Waals surface area (Å²) < 4.78 is 5.17. The van der Waals surface area contributed by atoms with Crippen molar-refractivity contribution in [2.45, 2.75) is 5.92 Å². The molecule has 27 heavy (non-hydrogen) atoms. The Morgan fingerprint density at radius 3 is 2.52 bits per heavy atom. The molecular weight excluding hydrogens is 356 g/mol. The van der Waals surface area contributed by atoms with Crippen LogP contribution in [0.1, 0.15) is 32.2 Å². The molecule has 1 atom stereocenters. The third kappa shape index (κ3) is 2.99. The van der Waals surface area contributed by atoms with Crippen LogP contribution in [-0.4, -0.2) is 46.4 Å². The summed E-state index contributed by atoms with van der Waals surface area (Å²) in [4.78, 5) is 48.2. The highest BCUT2D eigenvalue weighted by Gasteiger charge is 2.43. The van der Waals surface area contributed by atoms with E-state index in [9.17, 15) is 29.6 Å². The zero-order valence-electron chi connectivity index (χ0n) is 14.1.